The molecule has 4 nitrogen and oxygen atoms in total. The molecule has 1 amide bonds. The summed E-state index contributed by atoms with van der Waals surface area (Å²) in [6, 6.07) is 0. The van der Waals surface area contributed by atoms with Crippen LogP contribution < -0.4 is 5.32 Å². The van der Waals surface area contributed by atoms with Crippen molar-refractivity contribution in [2.45, 2.75) is 19.8 Å². The molecule has 5 heteroatoms. The van der Waals surface area contributed by atoms with Gasteiger partial charge < -0.3 is 10.2 Å². The van der Waals surface area contributed by atoms with Crippen LogP contribution in [-0.2, 0) is 0 Å². The zero-order valence-corrected chi connectivity index (χ0v) is 11.2. The van der Waals surface area contributed by atoms with Gasteiger partial charge in [0.05, 0.1) is 5.01 Å². The smallest absolute Gasteiger partial charge is 0.273 e. The third-order valence-electron chi connectivity index (χ3n) is 3.18. The molecule has 0 radical (unpaired) electrons. The molecule has 1 aliphatic rings. The molecular formula is C12H19N3OS. The molecule has 0 bridgehead atoms. The molecule has 1 saturated heterocycles. The molecule has 1 aliphatic heterocycles. The van der Waals surface area contributed by atoms with Crippen LogP contribution in [0, 0.1) is 12.8 Å². The zero-order chi connectivity index (χ0) is 12.3. The molecule has 17 heavy (non-hydrogen) atoms. The van der Waals surface area contributed by atoms with Crippen molar-refractivity contribution < 1.29 is 4.79 Å². The van der Waals surface area contributed by atoms with Crippen LogP contribution in [0.4, 0.5) is 0 Å². The molecule has 2 rings (SSSR count). The van der Waals surface area contributed by atoms with E-state index in [1.165, 1.54) is 11.3 Å². The number of hydrogen-bond acceptors (Lipinski definition) is 4. The maximum Gasteiger partial charge on any atom is 0.273 e. The first-order chi connectivity index (χ1) is 8.16. The second-order valence-electron chi connectivity index (χ2n) is 4.63. The highest BCUT2D eigenvalue weighted by atomic mass is 32.1. The van der Waals surface area contributed by atoms with Crippen LogP contribution in [0.15, 0.2) is 5.38 Å². The summed E-state index contributed by atoms with van der Waals surface area (Å²) < 4.78 is 0. The summed E-state index contributed by atoms with van der Waals surface area (Å²) in [7, 11) is 1.87. The molecule has 0 unspecified atom stereocenters. The lowest BCUT2D eigenvalue weighted by molar-refractivity contribution is 0.0757. The Balaban J connectivity index is 1.90. The number of rotatable bonds is 3. The van der Waals surface area contributed by atoms with Crippen molar-refractivity contribution in [3.8, 4) is 0 Å². The maximum atomic E-state index is 12.1. The van der Waals surface area contributed by atoms with Gasteiger partial charge in [0, 0.05) is 19.0 Å². The van der Waals surface area contributed by atoms with Gasteiger partial charge in [0.2, 0.25) is 0 Å². The molecule has 0 saturated carbocycles. The van der Waals surface area contributed by atoms with Gasteiger partial charge in [0.1, 0.15) is 5.69 Å². The van der Waals surface area contributed by atoms with Gasteiger partial charge in [0.25, 0.3) is 5.91 Å². The number of nitrogens with one attached hydrogen (secondary N) is 1. The van der Waals surface area contributed by atoms with Crippen LogP contribution >= 0.6 is 11.3 Å². The van der Waals surface area contributed by atoms with Crippen molar-refractivity contribution in [2.24, 2.45) is 5.92 Å². The summed E-state index contributed by atoms with van der Waals surface area (Å²) in [5, 5.41) is 6.13. The van der Waals surface area contributed by atoms with E-state index in [4.69, 9.17) is 0 Å². The van der Waals surface area contributed by atoms with Gasteiger partial charge in [-0.3, -0.25) is 4.79 Å². The SMILES string of the molecule is Cc1nc(C(=O)N(C)CC2CCNCC2)cs1. The van der Waals surface area contributed by atoms with Crippen molar-refractivity contribution >= 4 is 17.2 Å². The standard InChI is InChI=1S/C12H19N3OS/c1-9-14-11(8-17-9)12(16)15(2)7-10-3-5-13-6-4-10/h8,10,13H,3-7H2,1-2H3. The van der Waals surface area contributed by atoms with E-state index in [2.05, 4.69) is 10.3 Å². The van der Waals surface area contributed by atoms with Gasteiger partial charge in [-0.1, -0.05) is 0 Å². The summed E-state index contributed by atoms with van der Waals surface area (Å²) in [5.74, 6) is 0.679. The van der Waals surface area contributed by atoms with Crippen LogP contribution in [-0.4, -0.2) is 42.5 Å². The van der Waals surface area contributed by atoms with Crippen LogP contribution in [0.2, 0.25) is 0 Å². The van der Waals surface area contributed by atoms with E-state index in [0.717, 1.165) is 37.5 Å². The van der Waals surface area contributed by atoms with Crippen LogP contribution in [0.1, 0.15) is 28.3 Å². The molecular weight excluding hydrogens is 234 g/mol. The van der Waals surface area contributed by atoms with Crippen molar-refractivity contribution in [2.75, 3.05) is 26.7 Å². The first-order valence-electron chi connectivity index (χ1n) is 6.05. The fourth-order valence-electron chi connectivity index (χ4n) is 2.19. The topological polar surface area (TPSA) is 45.2 Å². The van der Waals surface area contributed by atoms with Crippen molar-refractivity contribution in [3.05, 3.63) is 16.1 Å². The van der Waals surface area contributed by atoms with E-state index in [1.54, 1.807) is 0 Å². The zero-order valence-electron chi connectivity index (χ0n) is 10.4. The third-order valence-corrected chi connectivity index (χ3v) is 3.95. The van der Waals surface area contributed by atoms with E-state index in [-0.39, 0.29) is 5.91 Å². The van der Waals surface area contributed by atoms with E-state index in [9.17, 15) is 4.79 Å². The Kier molecular flexibility index (Phi) is 4.12. The molecule has 1 aromatic heterocycles. The summed E-state index contributed by atoms with van der Waals surface area (Å²) in [5.41, 5.74) is 0.587. The van der Waals surface area contributed by atoms with Crippen LogP contribution in [0.25, 0.3) is 0 Å². The van der Waals surface area contributed by atoms with Gasteiger partial charge >= 0.3 is 0 Å². The van der Waals surface area contributed by atoms with Gasteiger partial charge in [-0.05, 0) is 38.8 Å². The van der Waals surface area contributed by atoms with E-state index in [1.807, 2.05) is 24.3 Å². The quantitative estimate of drug-likeness (QED) is 0.888. The van der Waals surface area contributed by atoms with Crippen molar-refractivity contribution in [1.82, 2.24) is 15.2 Å². The number of thiazole rings is 1. The molecule has 0 spiro atoms. The number of amides is 1. The Bertz CT molecular complexity index is 385. The lowest BCUT2D eigenvalue weighted by atomic mass is 9.98. The van der Waals surface area contributed by atoms with Crippen molar-refractivity contribution in [3.63, 3.8) is 0 Å². The highest BCUT2D eigenvalue weighted by Crippen LogP contribution is 2.15. The lowest BCUT2D eigenvalue weighted by Crippen LogP contribution is -2.37. The van der Waals surface area contributed by atoms with Crippen molar-refractivity contribution in [1.29, 1.82) is 0 Å². The number of carbonyl (C=O) groups is 1. The van der Waals surface area contributed by atoms with Crippen LogP contribution in [0.3, 0.4) is 0 Å². The third kappa shape index (κ3) is 3.26. The normalized spacial score (nSPS) is 17.1. The molecule has 1 N–H and O–H groups in total. The first-order valence-corrected chi connectivity index (χ1v) is 6.93. The van der Waals surface area contributed by atoms with Crippen LogP contribution in [0.5, 0.6) is 0 Å². The highest BCUT2D eigenvalue weighted by Gasteiger charge is 2.20. The Hall–Kier alpha value is -0.940. The van der Waals surface area contributed by atoms with E-state index >= 15 is 0 Å². The maximum absolute atomic E-state index is 12.1. The average molecular weight is 253 g/mol. The fourth-order valence-corrected chi connectivity index (χ4v) is 2.78. The number of aryl methyl sites for hydroxylation is 1. The Morgan fingerprint density at radius 1 is 1.59 bits per heavy atom. The minimum atomic E-state index is 0.0490. The molecule has 0 aromatic carbocycles. The highest BCUT2D eigenvalue weighted by molar-refractivity contribution is 7.09. The number of piperidine rings is 1. The predicted molar refractivity (Wildman–Crippen MR) is 69.4 cm³/mol. The minimum absolute atomic E-state index is 0.0490. The number of carbonyl (C=O) groups excluding carboxylic acids is 1. The first kappa shape index (κ1) is 12.5. The van der Waals surface area contributed by atoms with Gasteiger partial charge in [-0.2, -0.15) is 0 Å². The fraction of sp³-hybridized carbons (Fsp3) is 0.667. The molecule has 2 heterocycles. The molecule has 0 aliphatic carbocycles. The number of nitrogens with zero attached hydrogens (tertiary/aromatic N) is 2. The second-order valence-corrected chi connectivity index (χ2v) is 5.69. The summed E-state index contributed by atoms with van der Waals surface area (Å²) >= 11 is 1.53. The van der Waals surface area contributed by atoms with Gasteiger partial charge in [0.15, 0.2) is 0 Å². The number of aromatic nitrogens is 1. The molecule has 94 valence electrons. The summed E-state index contributed by atoms with van der Waals surface area (Å²) in [6.45, 7) is 4.91. The predicted octanol–water partition coefficient (Wildman–Crippen LogP) is 1.52. The van der Waals surface area contributed by atoms with Gasteiger partial charge in [-0.15, -0.1) is 11.3 Å². The van der Waals surface area contributed by atoms with E-state index in [0.29, 0.717) is 11.6 Å². The van der Waals surface area contributed by atoms with Gasteiger partial charge in [-0.25, -0.2) is 4.98 Å². The summed E-state index contributed by atoms with van der Waals surface area (Å²) in [6.07, 6.45) is 2.32. The van der Waals surface area contributed by atoms with E-state index < -0.39 is 0 Å². The lowest BCUT2D eigenvalue weighted by Gasteiger charge is -2.27. The number of hydrogen-bond donors (Lipinski definition) is 1. The Morgan fingerprint density at radius 3 is 2.88 bits per heavy atom. The minimum Gasteiger partial charge on any atom is -0.340 e. The molecule has 1 aromatic rings. The summed E-state index contributed by atoms with van der Waals surface area (Å²) in [4.78, 5) is 18.1. The largest absolute Gasteiger partial charge is 0.340 e. The molecule has 1 fully saturated rings. The Morgan fingerprint density at radius 2 is 2.29 bits per heavy atom. The average Bonchev–Trinajstić information content (AvgIpc) is 2.76. The molecule has 0 atom stereocenters. The Labute approximate surface area is 106 Å². The second kappa shape index (κ2) is 5.60. The monoisotopic (exact) mass is 253 g/mol.